The van der Waals surface area contributed by atoms with Gasteiger partial charge in [-0.25, -0.2) is 8.78 Å². The van der Waals surface area contributed by atoms with Crippen molar-refractivity contribution in [2.45, 2.75) is 33.2 Å². The lowest BCUT2D eigenvalue weighted by atomic mass is 9.96. The van der Waals surface area contributed by atoms with Crippen molar-refractivity contribution in [3.63, 3.8) is 0 Å². The van der Waals surface area contributed by atoms with Crippen molar-refractivity contribution in [3.8, 4) is 0 Å². The van der Waals surface area contributed by atoms with Crippen molar-refractivity contribution in [2.24, 2.45) is 0 Å². The van der Waals surface area contributed by atoms with Crippen LogP contribution in [0.1, 0.15) is 41.9 Å². The Morgan fingerprint density at radius 1 is 1.10 bits per heavy atom. The highest BCUT2D eigenvalue weighted by molar-refractivity contribution is 5.35. The second kappa shape index (κ2) is 6.76. The predicted octanol–water partition coefficient (Wildman–Crippen LogP) is 4.07. The maximum atomic E-state index is 14.1. The van der Waals surface area contributed by atoms with E-state index >= 15 is 0 Å². The van der Waals surface area contributed by atoms with Gasteiger partial charge in [0.25, 0.3) is 0 Å². The third-order valence-corrected chi connectivity index (χ3v) is 3.44. The number of nitrogens with zero attached hydrogens (tertiary/aromatic N) is 1. The topological polar surface area (TPSA) is 24.9 Å². The van der Waals surface area contributed by atoms with Gasteiger partial charge in [-0.3, -0.25) is 4.98 Å². The molecular formula is C17H20F2N2. The first-order valence-corrected chi connectivity index (χ1v) is 7.15. The van der Waals surface area contributed by atoms with Crippen molar-refractivity contribution >= 4 is 0 Å². The van der Waals surface area contributed by atoms with Crippen LogP contribution in [0.3, 0.4) is 0 Å². The van der Waals surface area contributed by atoms with Crippen molar-refractivity contribution in [3.05, 3.63) is 64.5 Å². The summed E-state index contributed by atoms with van der Waals surface area (Å²) in [6.45, 7) is 6.55. The Balaban J connectivity index is 2.49. The van der Waals surface area contributed by atoms with Crippen LogP contribution in [0.25, 0.3) is 0 Å². The van der Waals surface area contributed by atoms with Gasteiger partial charge in [-0.15, -0.1) is 0 Å². The van der Waals surface area contributed by atoms with Gasteiger partial charge >= 0.3 is 0 Å². The first kappa shape index (κ1) is 15.6. The molecule has 21 heavy (non-hydrogen) atoms. The molecular weight excluding hydrogens is 270 g/mol. The second-order valence-corrected chi connectivity index (χ2v) is 5.18. The monoisotopic (exact) mass is 290 g/mol. The maximum absolute atomic E-state index is 14.1. The number of pyridine rings is 1. The zero-order valence-electron chi connectivity index (χ0n) is 12.6. The Morgan fingerprint density at radius 2 is 1.86 bits per heavy atom. The van der Waals surface area contributed by atoms with E-state index in [1.165, 1.54) is 12.1 Å². The van der Waals surface area contributed by atoms with Gasteiger partial charge in [0.2, 0.25) is 0 Å². The molecule has 0 amide bonds. The highest BCUT2D eigenvalue weighted by Crippen LogP contribution is 2.27. The zero-order chi connectivity index (χ0) is 15.4. The highest BCUT2D eigenvalue weighted by atomic mass is 19.1. The second-order valence-electron chi connectivity index (χ2n) is 5.18. The van der Waals surface area contributed by atoms with Crippen LogP contribution in [0, 0.1) is 25.5 Å². The van der Waals surface area contributed by atoms with Crippen molar-refractivity contribution in [1.82, 2.24) is 10.3 Å². The van der Waals surface area contributed by atoms with E-state index in [2.05, 4.69) is 10.3 Å². The lowest BCUT2D eigenvalue weighted by molar-refractivity contribution is 0.533. The number of nitrogens with one attached hydrogen (secondary N) is 1. The summed E-state index contributed by atoms with van der Waals surface area (Å²) in [6.07, 6.45) is 0.909. The predicted molar refractivity (Wildman–Crippen MR) is 80.2 cm³/mol. The number of rotatable bonds is 5. The molecule has 1 aromatic carbocycles. The number of halogens is 2. The van der Waals surface area contributed by atoms with Crippen LogP contribution in [0.4, 0.5) is 8.78 Å². The van der Waals surface area contributed by atoms with E-state index in [4.69, 9.17) is 0 Å². The van der Waals surface area contributed by atoms with E-state index in [1.807, 2.05) is 32.9 Å². The van der Waals surface area contributed by atoms with E-state index in [9.17, 15) is 8.78 Å². The Morgan fingerprint density at radius 3 is 2.52 bits per heavy atom. The maximum Gasteiger partial charge on any atom is 0.128 e. The summed E-state index contributed by atoms with van der Waals surface area (Å²) < 4.78 is 27.6. The van der Waals surface area contributed by atoms with Crippen molar-refractivity contribution in [1.29, 1.82) is 0 Å². The smallest absolute Gasteiger partial charge is 0.128 e. The molecule has 0 aliphatic rings. The summed E-state index contributed by atoms with van der Waals surface area (Å²) in [4.78, 5) is 4.42. The van der Waals surface area contributed by atoms with Gasteiger partial charge in [0.05, 0.1) is 6.04 Å². The van der Waals surface area contributed by atoms with Gasteiger partial charge in [0.15, 0.2) is 0 Å². The first-order valence-electron chi connectivity index (χ1n) is 7.15. The molecule has 2 rings (SSSR count). The van der Waals surface area contributed by atoms with Crippen LogP contribution in [-0.4, -0.2) is 11.5 Å². The Bertz CT molecular complexity index is 626. The zero-order valence-corrected chi connectivity index (χ0v) is 12.6. The third kappa shape index (κ3) is 3.64. The van der Waals surface area contributed by atoms with E-state index < -0.39 is 17.7 Å². The van der Waals surface area contributed by atoms with Gasteiger partial charge in [-0.2, -0.15) is 0 Å². The molecule has 0 saturated carbocycles. The molecule has 1 atom stereocenters. The minimum Gasteiger partial charge on any atom is -0.306 e. The van der Waals surface area contributed by atoms with Crippen LogP contribution >= 0.6 is 0 Å². The van der Waals surface area contributed by atoms with Crippen LogP contribution in [0.2, 0.25) is 0 Å². The van der Waals surface area contributed by atoms with Crippen molar-refractivity contribution in [2.75, 3.05) is 6.54 Å². The molecule has 0 aliphatic carbocycles. The third-order valence-electron chi connectivity index (χ3n) is 3.44. The standard InChI is InChI=1S/C17H20F2N2/c1-4-9-20-17(14-7-5-11(2)21-12(14)3)15-10-13(18)6-8-16(15)19/h5-8,10,17,20H,4,9H2,1-3H3. The molecule has 0 spiro atoms. The van der Waals surface area contributed by atoms with Gasteiger partial charge < -0.3 is 5.32 Å². The van der Waals surface area contributed by atoms with E-state index in [0.29, 0.717) is 12.1 Å². The molecule has 1 N–H and O–H groups in total. The molecule has 112 valence electrons. The van der Waals surface area contributed by atoms with Gasteiger partial charge in [0.1, 0.15) is 11.6 Å². The number of aryl methyl sites for hydroxylation is 2. The summed E-state index contributed by atoms with van der Waals surface area (Å²) >= 11 is 0. The van der Waals surface area contributed by atoms with Crippen LogP contribution < -0.4 is 5.32 Å². The van der Waals surface area contributed by atoms with Crippen molar-refractivity contribution < 1.29 is 8.78 Å². The molecule has 1 unspecified atom stereocenters. The lowest BCUT2D eigenvalue weighted by Gasteiger charge is -2.22. The molecule has 0 bridgehead atoms. The fraction of sp³-hybridized carbons (Fsp3) is 0.353. The highest BCUT2D eigenvalue weighted by Gasteiger charge is 2.20. The van der Waals surface area contributed by atoms with E-state index in [-0.39, 0.29) is 0 Å². The fourth-order valence-electron chi connectivity index (χ4n) is 2.41. The fourth-order valence-corrected chi connectivity index (χ4v) is 2.41. The number of hydrogen-bond acceptors (Lipinski definition) is 2. The Labute approximate surface area is 124 Å². The molecule has 0 radical (unpaired) electrons. The quantitative estimate of drug-likeness (QED) is 0.898. The molecule has 2 nitrogen and oxygen atoms in total. The van der Waals surface area contributed by atoms with Gasteiger partial charge in [-0.05, 0) is 56.6 Å². The van der Waals surface area contributed by atoms with Gasteiger partial charge in [-0.1, -0.05) is 13.0 Å². The largest absolute Gasteiger partial charge is 0.306 e. The Hall–Kier alpha value is -1.81. The average molecular weight is 290 g/mol. The summed E-state index contributed by atoms with van der Waals surface area (Å²) in [7, 11) is 0. The average Bonchev–Trinajstić information content (AvgIpc) is 2.44. The van der Waals surface area contributed by atoms with Gasteiger partial charge in [0, 0.05) is 17.0 Å². The SMILES string of the molecule is CCCNC(c1cc(F)ccc1F)c1ccc(C)nc1C. The molecule has 0 aliphatic heterocycles. The molecule has 0 saturated heterocycles. The molecule has 1 heterocycles. The number of benzene rings is 1. The molecule has 4 heteroatoms. The van der Waals surface area contributed by atoms with Crippen LogP contribution in [-0.2, 0) is 0 Å². The molecule has 2 aromatic rings. The summed E-state index contributed by atoms with van der Waals surface area (Å²) in [5, 5.41) is 3.28. The van der Waals surface area contributed by atoms with E-state index in [0.717, 1.165) is 29.4 Å². The van der Waals surface area contributed by atoms with E-state index in [1.54, 1.807) is 0 Å². The normalized spacial score (nSPS) is 12.4. The molecule has 0 fully saturated rings. The lowest BCUT2D eigenvalue weighted by Crippen LogP contribution is -2.25. The Kier molecular flexibility index (Phi) is 5.02. The number of hydrogen-bond donors (Lipinski definition) is 1. The minimum atomic E-state index is -0.438. The van der Waals surface area contributed by atoms with Crippen LogP contribution in [0.5, 0.6) is 0 Å². The summed E-state index contributed by atoms with van der Waals surface area (Å²) in [5.74, 6) is -0.850. The molecule has 1 aromatic heterocycles. The summed E-state index contributed by atoms with van der Waals surface area (Å²) in [5.41, 5.74) is 2.92. The minimum absolute atomic E-state index is 0.317. The first-order chi connectivity index (χ1) is 10.0. The van der Waals surface area contributed by atoms with Crippen LogP contribution in [0.15, 0.2) is 30.3 Å². The number of aromatic nitrogens is 1. The summed E-state index contributed by atoms with van der Waals surface area (Å²) in [6, 6.07) is 6.98.